The van der Waals surface area contributed by atoms with Gasteiger partial charge in [-0.1, -0.05) is 49.6 Å². The Balaban J connectivity index is 1.48. The summed E-state index contributed by atoms with van der Waals surface area (Å²) in [5.41, 5.74) is 8.30. The highest BCUT2D eigenvalue weighted by molar-refractivity contribution is 6.04. The zero-order chi connectivity index (χ0) is 21.6. The third-order valence-electron chi connectivity index (χ3n) is 5.72. The first-order valence-electron chi connectivity index (χ1n) is 10.7. The molecule has 1 heterocycles. The molecule has 1 aromatic heterocycles. The molecule has 1 aliphatic rings. The van der Waals surface area contributed by atoms with E-state index in [1.165, 1.54) is 19.3 Å². The quantitative estimate of drug-likeness (QED) is 0.460. The van der Waals surface area contributed by atoms with Gasteiger partial charge in [-0.05, 0) is 31.0 Å². The van der Waals surface area contributed by atoms with Gasteiger partial charge in [-0.25, -0.2) is 5.10 Å². The van der Waals surface area contributed by atoms with Crippen LogP contribution in [0.4, 0.5) is 5.69 Å². The van der Waals surface area contributed by atoms with Gasteiger partial charge in [-0.3, -0.25) is 9.59 Å². The Morgan fingerprint density at radius 2 is 1.77 bits per heavy atom. The molecule has 2 aromatic carbocycles. The fourth-order valence-corrected chi connectivity index (χ4v) is 3.96. The minimum absolute atomic E-state index is 0.164. The van der Waals surface area contributed by atoms with Crippen LogP contribution in [-0.4, -0.2) is 28.7 Å². The summed E-state index contributed by atoms with van der Waals surface area (Å²) in [6.07, 6.45) is 7.75. The number of hydrogen-bond acceptors (Lipinski definition) is 5. The first kappa shape index (κ1) is 20.8. The van der Waals surface area contributed by atoms with Crippen LogP contribution >= 0.6 is 0 Å². The molecule has 0 bridgehead atoms. The Bertz CT molecular complexity index is 1140. The highest BCUT2D eigenvalue weighted by Crippen LogP contribution is 2.25. The molecule has 3 aromatic rings. The molecule has 0 radical (unpaired) electrons. The standard InChI is InChI=1S/C24H27N5O2/c25-14-17(15-26-18-6-2-1-3-7-18)23(30)27-19-12-10-16(11-13-19)22-20-8-4-5-9-21(20)24(31)29-28-22/h4-5,8-13,15,18,26H,1-3,6-7,14,25H2,(H,27,30)(H,29,31)/b17-15+. The van der Waals surface area contributed by atoms with Crippen molar-refractivity contribution < 1.29 is 4.79 Å². The molecule has 0 spiro atoms. The van der Waals surface area contributed by atoms with Gasteiger partial charge in [0, 0.05) is 41.0 Å². The molecule has 0 unspecified atom stereocenters. The van der Waals surface area contributed by atoms with Gasteiger partial charge in [0.1, 0.15) is 0 Å². The lowest BCUT2D eigenvalue weighted by molar-refractivity contribution is -0.112. The molecule has 1 amide bonds. The first-order chi connectivity index (χ1) is 15.2. The number of H-pyrrole nitrogens is 1. The number of nitrogens with zero attached hydrogens (tertiary/aromatic N) is 1. The molecule has 0 atom stereocenters. The summed E-state index contributed by atoms with van der Waals surface area (Å²) >= 11 is 0. The van der Waals surface area contributed by atoms with Crippen LogP contribution in [0, 0.1) is 0 Å². The molecule has 1 aliphatic carbocycles. The number of aromatic nitrogens is 2. The Morgan fingerprint density at radius 1 is 1.06 bits per heavy atom. The Morgan fingerprint density at radius 3 is 2.48 bits per heavy atom. The molecule has 1 saturated carbocycles. The molecule has 0 saturated heterocycles. The largest absolute Gasteiger partial charge is 0.388 e. The van der Waals surface area contributed by atoms with Crippen LogP contribution in [0.25, 0.3) is 22.0 Å². The zero-order valence-corrected chi connectivity index (χ0v) is 17.4. The van der Waals surface area contributed by atoms with E-state index in [4.69, 9.17) is 5.73 Å². The average Bonchev–Trinajstić information content (AvgIpc) is 2.81. The Labute approximate surface area is 180 Å². The van der Waals surface area contributed by atoms with Crippen molar-refractivity contribution in [3.05, 3.63) is 70.7 Å². The van der Waals surface area contributed by atoms with E-state index >= 15 is 0 Å². The molecule has 31 heavy (non-hydrogen) atoms. The molecule has 7 nitrogen and oxygen atoms in total. The van der Waals surface area contributed by atoms with Crippen molar-refractivity contribution in [2.75, 3.05) is 11.9 Å². The van der Waals surface area contributed by atoms with E-state index in [1.54, 1.807) is 12.3 Å². The number of aromatic amines is 1. The Hall–Kier alpha value is -3.45. The van der Waals surface area contributed by atoms with Crippen LogP contribution in [-0.2, 0) is 4.79 Å². The highest BCUT2D eigenvalue weighted by atomic mass is 16.1. The summed E-state index contributed by atoms with van der Waals surface area (Å²) in [6, 6.07) is 15.1. The van der Waals surface area contributed by atoms with Gasteiger partial charge in [0.05, 0.1) is 11.1 Å². The topological polar surface area (TPSA) is 113 Å². The maximum atomic E-state index is 12.6. The van der Waals surface area contributed by atoms with Crippen LogP contribution in [0.15, 0.2) is 65.1 Å². The van der Waals surface area contributed by atoms with Crippen LogP contribution in [0.1, 0.15) is 32.1 Å². The lowest BCUT2D eigenvalue weighted by Crippen LogP contribution is -2.29. The van der Waals surface area contributed by atoms with Crippen LogP contribution < -0.4 is 21.9 Å². The predicted molar refractivity (Wildman–Crippen MR) is 124 cm³/mol. The van der Waals surface area contributed by atoms with Crippen molar-refractivity contribution in [3.63, 3.8) is 0 Å². The van der Waals surface area contributed by atoms with Crippen LogP contribution in [0.2, 0.25) is 0 Å². The second-order valence-corrected chi connectivity index (χ2v) is 7.85. The maximum Gasteiger partial charge on any atom is 0.272 e. The third kappa shape index (κ3) is 4.83. The fraction of sp³-hybridized carbons (Fsp3) is 0.292. The van der Waals surface area contributed by atoms with E-state index in [0.29, 0.717) is 28.4 Å². The summed E-state index contributed by atoms with van der Waals surface area (Å²) in [4.78, 5) is 24.6. The van der Waals surface area contributed by atoms with Gasteiger partial charge in [-0.15, -0.1) is 0 Å². The average molecular weight is 418 g/mol. The number of carbonyl (C=O) groups is 1. The van der Waals surface area contributed by atoms with E-state index in [0.717, 1.165) is 23.8 Å². The highest BCUT2D eigenvalue weighted by Gasteiger charge is 2.14. The lowest BCUT2D eigenvalue weighted by Gasteiger charge is -2.22. The number of amides is 1. The van der Waals surface area contributed by atoms with E-state index < -0.39 is 0 Å². The SMILES string of the molecule is NC/C(=C\NC1CCCCC1)C(=O)Nc1ccc(-c2n[nH]c(=O)c3ccccc23)cc1. The van der Waals surface area contributed by atoms with Crippen molar-refractivity contribution >= 4 is 22.4 Å². The molecule has 1 fully saturated rings. The number of nitrogens with two attached hydrogens (primary N) is 1. The fourth-order valence-electron chi connectivity index (χ4n) is 3.96. The molecule has 0 aliphatic heterocycles. The van der Waals surface area contributed by atoms with E-state index in [1.807, 2.05) is 42.5 Å². The molecule has 160 valence electrons. The van der Waals surface area contributed by atoms with Crippen LogP contribution in [0.5, 0.6) is 0 Å². The van der Waals surface area contributed by atoms with E-state index in [9.17, 15) is 9.59 Å². The summed E-state index contributed by atoms with van der Waals surface area (Å²) in [7, 11) is 0. The smallest absolute Gasteiger partial charge is 0.272 e. The maximum absolute atomic E-state index is 12.6. The van der Waals surface area contributed by atoms with E-state index in [2.05, 4.69) is 20.8 Å². The van der Waals surface area contributed by atoms with Crippen molar-refractivity contribution in [2.24, 2.45) is 5.73 Å². The number of anilines is 1. The van der Waals surface area contributed by atoms with Crippen molar-refractivity contribution in [1.29, 1.82) is 0 Å². The van der Waals surface area contributed by atoms with Gasteiger partial charge >= 0.3 is 0 Å². The monoisotopic (exact) mass is 417 g/mol. The number of hydrogen-bond donors (Lipinski definition) is 4. The first-order valence-corrected chi connectivity index (χ1v) is 10.7. The van der Waals surface area contributed by atoms with E-state index in [-0.39, 0.29) is 18.0 Å². The number of carbonyl (C=O) groups excluding carboxylic acids is 1. The zero-order valence-electron chi connectivity index (χ0n) is 17.4. The summed E-state index contributed by atoms with van der Waals surface area (Å²) in [6.45, 7) is 0.164. The molecule has 5 N–H and O–H groups in total. The third-order valence-corrected chi connectivity index (χ3v) is 5.72. The second kappa shape index (κ2) is 9.57. The summed E-state index contributed by atoms with van der Waals surface area (Å²) in [5, 5.41) is 14.4. The van der Waals surface area contributed by atoms with Crippen LogP contribution in [0.3, 0.4) is 0 Å². The van der Waals surface area contributed by atoms with Crippen molar-refractivity contribution in [2.45, 2.75) is 38.1 Å². The normalized spacial score (nSPS) is 15.1. The number of nitrogens with one attached hydrogen (secondary N) is 3. The number of rotatable bonds is 6. The molecular weight excluding hydrogens is 390 g/mol. The summed E-state index contributed by atoms with van der Waals surface area (Å²) in [5.74, 6) is -0.217. The van der Waals surface area contributed by atoms with Crippen molar-refractivity contribution in [3.8, 4) is 11.3 Å². The van der Waals surface area contributed by atoms with Gasteiger partial charge in [-0.2, -0.15) is 5.10 Å². The van der Waals surface area contributed by atoms with Crippen molar-refractivity contribution in [1.82, 2.24) is 15.5 Å². The lowest BCUT2D eigenvalue weighted by atomic mass is 9.96. The van der Waals surface area contributed by atoms with Gasteiger partial charge in [0.25, 0.3) is 11.5 Å². The summed E-state index contributed by atoms with van der Waals surface area (Å²) < 4.78 is 0. The second-order valence-electron chi connectivity index (χ2n) is 7.85. The molecule has 4 rings (SSSR count). The minimum atomic E-state index is -0.217. The number of benzene rings is 2. The predicted octanol–water partition coefficient (Wildman–Crippen LogP) is 3.29. The number of fused-ring (bicyclic) bond motifs is 1. The Kier molecular flexibility index (Phi) is 6.43. The van der Waals surface area contributed by atoms with Gasteiger partial charge in [0.2, 0.25) is 0 Å². The minimum Gasteiger partial charge on any atom is -0.388 e. The molecule has 7 heteroatoms. The van der Waals surface area contributed by atoms with Gasteiger partial charge < -0.3 is 16.4 Å². The molecular formula is C24H27N5O2. The van der Waals surface area contributed by atoms with Gasteiger partial charge in [0.15, 0.2) is 0 Å².